The van der Waals surface area contributed by atoms with Crippen molar-refractivity contribution in [3.05, 3.63) is 12.7 Å². The summed E-state index contributed by atoms with van der Waals surface area (Å²) in [6.07, 6.45) is 1.55. The molecule has 0 unspecified atom stereocenters. The first-order valence-corrected chi connectivity index (χ1v) is 3.20. The van der Waals surface area contributed by atoms with E-state index in [1.807, 2.05) is 0 Å². The fourth-order valence-electron chi connectivity index (χ4n) is 0.631. The van der Waals surface area contributed by atoms with E-state index in [9.17, 15) is 4.79 Å². The van der Waals surface area contributed by atoms with Gasteiger partial charge in [-0.15, -0.1) is 0 Å². The molecule has 3 heteroatoms. The zero-order valence-electron chi connectivity index (χ0n) is 5.71. The van der Waals surface area contributed by atoms with Crippen LogP contribution in [0.3, 0.4) is 0 Å². The Morgan fingerprint density at radius 2 is 2.50 bits per heavy atom. The maximum Gasteiger partial charge on any atom is 0.313 e. The van der Waals surface area contributed by atoms with Gasteiger partial charge in [-0.3, -0.25) is 4.79 Å². The summed E-state index contributed by atoms with van der Waals surface area (Å²) in [6, 6.07) is 0. The standard InChI is InChI=1S/C7H10O3/c1-2-3-10-7(8)6-4-9-5-6/h2,6H,1,3-5H2. The van der Waals surface area contributed by atoms with Gasteiger partial charge in [-0.05, 0) is 0 Å². The lowest BCUT2D eigenvalue weighted by Gasteiger charge is -2.23. The molecule has 0 atom stereocenters. The van der Waals surface area contributed by atoms with Gasteiger partial charge >= 0.3 is 5.97 Å². The molecule has 0 aromatic rings. The smallest absolute Gasteiger partial charge is 0.313 e. The van der Waals surface area contributed by atoms with Crippen molar-refractivity contribution in [2.75, 3.05) is 19.8 Å². The average Bonchev–Trinajstić information content (AvgIpc) is 1.79. The van der Waals surface area contributed by atoms with Crippen molar-refractivity contribution in [1.82, 2.24) is 0 Å². The Bertz CT molecular complexity index is 138. The summed E-state index contributed by atoms with van der Waals surface area (Å²) in [7, 11) is 0. The lowest BCUT2D eigenvalue weighted by Crippen LogP contribution is -2.35. The number of hydrogen-bond donors (Lipinski definition) is 0. The molecule has 1 aliphatic rings. The third-order valence-electron chi connectivity index (χ3n) is 1.31. The minimum atomic E-state index is -0.175. The quantitative estimate of drug-likeness (QED) is 0.421. The fraction of sp³-hybridized carbons (Fsp3) is 0.571. The van der Waals surface area contributed by atoms with Crippen molar-refractivity contribution in [3.63, 3.8) is 0 Å². The first-order chi connectivity index (χ1) is 4.84. The summed E-state index contributed by atoms with van der Waals surface area (Å²) in [5.41, 5.74) is 0. The molecular formula is C7H10O3. The molecule has 0 aliphatic carbocycles. The Hall–Kier alpha value is -0.830. The third kappa shape index (κ3) is 1.57. The molecule has 3 nitrogen and oxygen atoms in total. The summed E-state index contributed by atoms with van der Waals surface area (Å²) in [5, 5.41) is 0. The van der Waals surface area contributed by atoms with Crippen molar-refractivity contribution in [3.8, 4) is 0 Å². The number of hydrogen-bond acceptors (Lipinski definition) is 3. The van der Waals surface area contributed by atoms with E-state index >= 15 is 0 Å². The lowest BCUT2D eigenvalue weighted by molar-refractivity contribution is -0.161. The van der Waals surface area contributed by atoms with Crippen LogP contribution in [0.25, 0.3) is 0 Å². The number of carbonyl (C=O) groups is 1. The highest BCUT2D eigenvalue weighted by molar-refractivity contribution is 5.73. The largest absolute Gasteiger partial charge is 0.461 e. The van der Waals surface area contributed by atoms with E-state index in [1.54, 1.807) is 6.08 Å². The number of carbonyl (C=O) groups excluding carboxylic acids is 1. The van der Waals surface area contributed by atoms with Crippen LogP contribution >= 0.6 is 0 Å². The van der Waals surface area contributed by atoms with Gasteiger partial charge in [0.15, 0.2) is 0 Å². The minimum Gasteiger partial charge on any atom is -0.461 e. The Kier molecular flexibility index (Phi) is 2.45. The molecule has 0 amide bonds. The average molecular weight is 142 g/mol. The summed E-state index contributed by atoms with van der Waals surface area (Å²) >= 11 is 0. The van der Waals surface area contributed by atoms with E-state index in [-0.39, 0.29) is 11.9 Å². The second-order valence-electron chi connectivity index (χ2n) is 2.15. The minimum absolute atomic E-state index is 0.0278. The van der Waals surface area contributed by atoms with Gasteiger partial charge in [0, 0.05) is 0 Å². The predicted molar refractivity (Wildman–Crippen MR) is 35.5 cm³/mol. The number of rotatable bonds is 3. The second-order valence-corrected chi connectivity index (χ2v) is 2.15. The van der Waals surface area contributed by atoms with Crippen LogP contribution in [0.1, 0.15) is 0 Å². The maximum absolute atomic E-state index is 10.8. The topological polar surface area (TPSA) is 35.5 Å². The van der Waals surface area contributed by atoms with Gasteiger partial charge in [-0.2, -0.15) is 0 Å². The normalized spacial score (nSPS) is 17.6. The van der Waals surface area contributed by atoms with Crippen LogP contribution in [-0.2, 0) is 14.3 Å². The molecule has 1 heterocycles. The first-order valence-electron chi connectivity index (χ1n) is 3.20. The fourth-order valence-corrected chi connectivity index (χ4v) is 0.631. The van der Waals surface area contributed by atoms with Gasteiger partial charge in [0.1, 0.15) is 12.5 Å². The lowest BCUT2D eigenvalue weighted by atomic mass is 10.1. The van der Waals surface area contributed by atoms with Crippen molar-refractivity contribution < 1.29 is 14.3 Å². The molecule has 1 aliphatic heterocycles. The number of esters is 1. The van der Waals surface area contributed by atoms with Gasteiger partial charge in [0.2, 0.25) is 0 Å². The molecule has 1 rings (SSSR count). The first kappa shape index (κ1) is 7.28. The van der Waals surface area contributed by atoms with Crippen molar-refractivity contribution in [2.24, 2.45) is 5.92 Å². The summed E-state index contributed by atoms with van der Waals surface area (Å²) in [5.74, 6) is -0.203. The molecule has 0 radical (unpaired) electrons. The Morgan fingerprint density at radius 1 is 1.80 bits per heavy atom. The molecular weight excluding hydrogens is 132 g/mol. The second kappa shape index (κ2) is 3.37. The highest BCUT2D eigenvalue weighted by Crippen LogP contribution is 2.11. The highest BCUT2D eigenvalue weighted by Gasteiger charge is 2.27. The molecule has 56 valence electrons. The van der Waals surface area contributed by atoms with E-state index in [4.69, 9.17) is 9.47 Å². The van der Waals surface area contributed by atoms with Crippen molar-refractivity contribution in [1.29, 1.82) is 0 Å². The van der Waals surface area contributed by atoms with E-state index in [0.717, 1.165) is 0 Å². The molecule has 0 N–H and O–H groups in total. The summed E-state index contributed by atoms with van der Waals surface area (Å²) < 4.78 is 9.57. The number of ether oxygens (including phenoxy) is 2. The van der Waals surface area contributed by atoms with E-state index in [0.29, 0.717) is 19.8 Å². The molecule has 0 spiro atoms. The monoisotopic (exact) mass is 142 g/mol. The molecule has 10 heavy (non-hydrogen) atoms. The van der Waals surface area contributed by atoms with Crippen LogP contribution in [0.2, 0.25) is 0 Å². The van der Waals surface area contributed by atoms with Crippen LogP contribution in [0.5, 0.6) is 0 Å². The van der Waals surface area contributed by atoms with Gasteiger partial charge in [-0.25, -0.2) is 0 Å². The highest BCUT2D eigenvalue weighted by atomic mass is 16.5. The molecule has 0 aromatic heterocycles. The van der Waals surface area contributed by atoms with Gasteiger partial charge < -0.3 is 9.47 Å². The molecule has 0 aromatic carbocycles. The third-order valence-corrected chi connectivity index (χ3v) is 1.31. The van der Waals surface area contributed by atoms with Gasteiger partial charge in [-0.1, -0.05) is 12.7 Å². The Balaban J connectivity index is 2.13. The Morgan fingerprint density at radius 3 is 2.90 bits per heavy atom. The molecule has 0 bridgehead atoms. The van der Waals surface area contributed by atoms with Crippen molar-refractivity contribution in [2.45, 2.75) is 0 Å². The van der Waals surface area contributed by atoms with E-state index in [1.165, 1.54) is 0 Å². The van der Waals surface area contributed by atoms with Crippen LogP contribution < -0.4 is 0 Å². The summed E-state index contributed by atoms with van der Waals surface area (Å²) in [4.78, 5) is 10.8. The zero-order valence-corrected chi connectivity index (χ0v) is 5.71. The SMILES string of the molecule is C=CCOC(=O)C1COC1. The maximum atomic E-state index is 10.8. The van der Waals surface area contributed by atoms with E-state index in [2.05, 4.69) is 6.58 Å². The van der Waals surface area contributed by atoms with Gasteiger partial charge in [0.25, 0.3) is 0 Å². The Labute approximate surface area is 59.6 Å². The van der Waals surface area contributed by atoms with Crippen LogP contribution in [0, 0.1) is 5.92 Å². The predicted octanol–water partition coefficient (Wildman–Crippen LogP) is 0.362. The van der Waals surface area contributed by atoms with E-state index < -0.39 is 0 Å². The van der Waals surface area contributed by atoms with Crippen LogP contribution in [0.4, 0.5) is 0 Å². The van der Waals surface area contributed by atoms with Gasteiger partial charge in [0.05, 0.1) is 13.2 Å². The summed E-state index contributed by atoms with van der Waals surface area (Å²) in [6.45, 7) is 4.75. The van der Waals surface area contributed by atoms with Crippen LogP contribution in [-0.4, -0.2) is 25.8 Å². The molecule has 1 fully saturated rings. The zero-order chi connectivity index (χ0) is 7.40. The molecule has 0 saturated carbocycles. The molecule has 1 saturated heterocycles. The van der Waals surface area contributed by atoms with Crippen molar-refractivity contribution >= 4 is 5.97 Å². The van der Waals surface area contributed by atoms with Crippen LogP contribution in [0.15, 0.2) is 12.7 Å².